The molecule has 1 aliphatic heterocycles. The zero-order valence-electron chi connectivity index (χ0n) is 24.6. The summed E-state index contributed by atoms with van der Waals surface area (Å²) in [6.07, 6.45) is 7.23. The summed E-state index contributed by atoms with van der Waals surface area (Å²) >= 11 is 1.50. The van der Waals surface area contributed by atoms with Crippen LogP contribution in [0, 0.1) is 17.7 Å². The topological polar surface area (TPSA) is 143 Å². The van der Waals surface area contributed by atoms with Gasteiger partial charge < -0.3 is 21.7 Å². The van der Waals surface area contributed by atoms with Gasteiger partial charge in [0.05, 0.1) is 5.56 Å². The van der Waals surface area contributed by atoms with Gasteiger partial charge in [0.15, 0.2) is 5.66 Å². The van der Waals surface area contributed by atoms with Crippen molar-refractivity contribution in [3.8, 4) is 0 Å². The summed E-state index contributed by atoms with van der Waals surface area (Å²) in [5.41, 5.74) is 6.17. The highest BCUT2D eigenvalue weighted by Crippen LogP contribution is 2.33. The van der Waals surface area contributed by atoms with E-state index in [2.05, 4.69) is 20.9 Å². The quantitative estimate of drug-likeness (QED) is 0.169. The number of pyridine rings is 1. The lowest BCUT2D eigenvalue weighted by Crippen LogP contribution is -2.70. The van der Waals surface area contributed by atoms with Crippen LogP contribution in [-0.2, 0) is 16.0 Å². The molecule has 5 N–H and O–H groups in total. The Kier molecular flexibility index (Phi) is 11.6. The van der Waals surface area contributed by atoms with Crippen molar-refractivity contribution in [2.75, 3.05) is 18.6 Å². The van der Waals surface area contributed by atoms with Crippen LogP contribution < -0.4 is 21.7 Å². The fourth-order valence-electron chi connectivity index (χ4n) is 5.53. The summed E-state index contributed by atoms with van der Waals surface area (Å²) in [5.74, 6) is -3.66. The minimum absolute atomic E-state index is 0.0846. The number of aromatic nitrogens is 1. The first kappa shape index (κ1) is 32.8. The molecule has 4 unspecified atom stereocenters. The van der Waals surface area contributed by atoms with E-state index in [9.17, 15) is 23.6 Å². The van der Waals surface area contributed by atoms with Crippen LogP contribution in [0.4, 0.5) is 4.39 Å². The maximum Gasteiger partial charge on any atom is 0.253 e. The normalized spacial score (nSPS) is 17.7. The third-order valence-corrected chi connectivity index (χ3v) is 8.56. The summed E-state index contributed by atoms with van der Waals surface area (Å²) in [6.45, 7) is 0.500. The number of Topliss-reactive ketones (excluding diaryl/α,β-unsaturated/α-hetero) is 1. The van der Waals surface area contributed by atoms with E-state index in [4.69, 9.17) is 5.73 Å². The molecule has 0 bridgehead atoms. The number of amides is 3. The first-order valence-corrected chi connectivity index (χ1v) is 16.0. The van der Waals surface area contributed by atoms with Gasteiger partial charge in [-0.1, -0.05) is 36.8 Å². The van der Waals surface area contributed by atoms with Gasteiger partial charge in [0.1, 0.15) is 11.9 Å². The van der Waals surface area contributed by atoms with Crippen molar-refractivity contribution >= 4 is 35.3 Å². The molecule has 232 valence electrons. The van der Waals surface area contributed by atoms with Crippen LogP contribution in [-0.4, -0.2) is 58.7 Å². The van der Waals surface area contributed by atoms with Crippen molar-refractivity contribution in [2.45, 2.75) is 43.8 Å². The molecule has 2 aromatic carbocycles. The molecule has 9 nitrogen and oxygen atoms in total. The van der Waals surface area contributed by atoms with Crippen LogP contribution in [0.3, 0.4) is 0 Å². The highest BCUT2D eigenvalue weighted by Gasteiger charge is 2.50. The van der Waals surface area contributed by atoms with Crippen molar-refractivity contribution in [1.82, 2.24) is 20.9 Å². The summed E-state index contributed by atoms with van der Waals surface area (Å²) in [4.78, 5) is 58.9. The Hall–Kier alpha value is -4.09. The number of carbonyl (C=O) groups is 4. The van der Waals surface area contributed by atoms with E-state index in [0.29, 0.717) is 18.7 Å². The van der Waals surface area contributed by atoms with Crippen LogP contribution in [0.15, 0.2) is 79.1 Å². The Balaban J connectivity index is 1.77. The lowest BCUT2D eigenvalue weighted by molar-refractivity contribution is -0.130. The van der Waals surface area contributed by atoms with Gasteiger partial charge in [-0.15, -0.1) is 0 Å². The number of nitrogens with zero attached hydrogens (tertiary/aromatic N) is 1. The first-order chi connectivity index (χ1) is 21.2. The average Bonchev–Trinajstić information content (AvgIpc) is 3.26. The maximum atomic E-state index is 14.4. The van der Waals surface area contributed by atoms with Gasteiger partial charge >= 0.3 is 0 Å². The number of carbonyl (C=O) groups excluding carboxylic acids is 4. The molecule has 1 aliphatic rings. The van der Waals surface area contributed by atoms with Crippen molar-refractivity contribution < 1.29 is 23.6 Å². The van der Waals surface area contributed by atoms with Gasteiger partial charge in [0.25, 0.3) is 5.91 Å². The van der Waals surface area contributed by atoms with Crippen LogP contribution in [0.25, 0.3) is 0 Å². The highest BCUT2D eigenvalue weighted by atomic mass is 32.2. The summed E-state index contributed by atoms with van der Waals surface area (Å²) in [5, 5.41) is 8.50. The third kappa shape index (κ3) is 8.29. The Bertz CT molecular complexity index is 1430. The molecule has 1 saturated heterocycles. The van der Waals surface area contributed by atoms with Crippen molar-refractivity contribution in [1.29, 1.82) is 0 Å². The minimum atomic E-state index is -2.09. The van der Waals surface area contributed by atoms with Gasteiger partial charge in [0, 0.05) is 36.3 Å². The second kappa shape index (κ2) is 15.6. The van der Waals surface area contributed by atoms with Crippen LogP contribution in [0.2, 0.25) is 0 Å². The van der Waals surface area contributed by atoms with Gasteiger partial charge in [-0.25, -0.2) is 4.39 Å². The highest BCUT2D eigenvalue weighted by molar-refractivity contribution is 7.98. The number of nitrogens with two attached hydrogens (primary N) is 1. The molecule has 1 fully saturated rings. The van der Waals surface area contributed by atoms with E-state index in [0.717, 1.165) is 30.5 Å². The Morgan fingerprint density at radius 2 is 1.82 bits per heavy atom. The van der Waals surface area contributed by atoms with Crippen molar-refractivity contribution in [2.24, 2.45) is 17.6 Å². The van der Waals surface area contributed by atoms with E-state index in [1.165, 1.54) is 36.3 Å². The van der Waals surface area contributed by atoms with Gasteiger partial charge in [0.2, 0.25) is 17.6 Å². The molecule has 44 heavy (non-hydrogen) atoms. The molecule has 0 spiro atoms. The molecule has 0 saturated carbocycles. The molecule has 2 heterocycles. The number of nitrogens with one attached hydrogen (secondary N) is 3. The molecule has 0 radical (unpaired) electrons. The minimum Gasteiger partial charge on any atom is -0.356 e. The van der Waals surface area contributed by atoms with E-state index >= 15 is 0 Å². The van der Waals surface area contributed by atoms with Gasteiger partial charge in [-0.2, -0.15) is 11.8 Å². The maximum absolute atomic E-state index is 14.4. The lowest BCUT2D eigenvalue weighted by atomic mass is 9.72. The number of rotatable bonds is 13. The zero-order valence-corrected chi connectivity index (χ0v) is 25.4. The van der Waals surface area contributed by atoms with Crippen LogP contribution >= 0.6 is 11.8 Å². The molecule has 4 atom stereocenters. The van der Waals surface area contributed by atoms with Gasteiger partial charge in [-0.3, -0.25) is 24.2 Å². The molecular weight excluding hydrogens is 581 g/mol. The number of benzene rings is 2. The Morgan fingerprint density at radius 3 is 2.50 bits per heavy atom. The third-order valence-electron chi connectivity index (χ3n) is 7.92. The number of hydrogen-bond acceptors (Lipinski definition) is 7. The predicted octanol–water partition coefficient (Wildman–Crippen LogP) is 3.50. The number of ketones is 1. The molecular formula is C33H38FN5O4S. The standard InChI is InChI=1S/C33H38FN5O4S/c1-44-19-16-28(38-30(41)24-10-7-17-36-21-24)32(43)39-33(35,29(40)23-12-14-25(34)15-13-23)27(20-22-8-3-2-4-9-22)26-11-5-6-18-37-31(26)42/h2-4,7-10,12-15,17,21,26-28H,5-6,11,16,18-20,35H2,1H3,(H,37,42)(H,38,41)(H,39,43). The molecule has 4 rings (SSSR count). The van der Waals surface area contributed by atoms with Crippen LogP contribution in [0.5, 0.6) is 0 Å². The van der Waals surface area contributed by atoms with E-state index < -0.39 is 47.0 Å². The fraction of sp³-hybridized carbons (Fsp3) is 0.364. The lowest BCUT2D eigenvalue weighted by Gasteiger charge is -2.41. The van der Waals surface area contributed by atoms with E-state index in [1.54, 1.807) is 12.1 Å². The average molecular weight is 620 g/mol. The fourth-order valence-corrected chi connectivity index (χ4v) is 6.00. The smallest absolute Gasteiger partial charge is 0.253 e. The number of hydrogen-bond donors (Lipinski definition) is 4. The SMILES string of the molecule is CSCCC(NC(=O)c1cccnc1)C(=O)NC(N)(C(=O)c1ccc(F)cc1)C(Cc1ccccc1)C1CCCCNC1=O. The molecule has 1 aromatic heterocycles. The van der Waals surface area contributed by atoms with E-state index in [-0.39, 0.29) is 29.9 Å². The monoisotopic (exact) mass is 619 g/mol. The molecule has 11 heteroatoms. The predicted molar refractivity (Wildman–Crippen MR) is 168 cm³/mol. The summed E-state index contributed by atoms with van der Waals surface area (Å²) < 4.78 is 13.9. The molecule has 3 amide bonds. The summed E-state index contributed by atoms with van der Waals surface area (Å²) in [7, 11) is 0. The Labute approximate surface area is 261 Å². The zero-order chi connectivity index (χ0) is 31.5. The molecule has 3 aromatic rings. The number of thioether (sulfide) groups is 1. The largest absolute Gasteiger partial charge is 0.356 e. The summed E-state index contributed by atoms with van der Waals surface area (Å²) in [6, 6.07) is 16.4. The van der Waals surface area contributed by atoms with E-state index in [1.807, 2.05) is 36.6 Å². The second-order valence-electron chi connectivity index (χ2n) is 10.9. The van der Waals surface area contributed by atoms with Crippen molar-refractivity contribution in [3.63, 3.8) is 0 Å². The molecule has 0 aliphatic carbocycles. The van der Waals surface area contributed by atoms with Gasteiger partial charge in [-0.05, 0) is 79.7 Å². The Morgan fingerprint density at radius 1 is 1.07 bits per heavy atom. The number of halogens is 1. The van der Waals surface area contributed by atoms with Crippen LogP contribution in [0.1, 0.15) is 52.0 Å². The second-order valence-corrected chi connectivity index (χ2v) is 11.9. The van der Waals surface area contributed by atoms with Crippen molar-refractivity contribution in [3.05, 3.63) is 102 Å². The first-order valence-electron chi connectivity index (χ1n) is 14.7.